The third-order valence-corrected chi connectivity index (χ3v) is 4.61. The molecule has 0 aliphatic carbocycles. The fraction of sp³-hybridized carbons (Fsp3) is 0.571. The molecule has 1 aromatic rings. The summed E-state index contributed by atoms with van der Waals surface area (Å²) in [5, 5.41) is 9.11. The number of benzene rings is 1. The number of rotatable bonds is 8. The van der Waals surface area contributed by atoms with Crippen LogP contribution < -0.4 is 4.72 Å². The molecule has 0 radical (unpaired) electrons. The number of aliphatic hydroxyl groups is 1. The molecular formula is C14H22FNO4S. The monoisotopic (exact) mass is 319 g/mol. The lowest BCUT2D eigenvalue weighted by Crippen LogP contribution is -2.38. The van der Waals surface area contributed by atoms with E-state index in [-0.39, 0.29) is 28.7 Å². The van der Waals surface area contributed by atoms with Crippen LogP contribution in [0.2, 0.25) is 0 Å². The van der Waals surface area contributed by atoms with Gasteiger partial charge in [-0.25, -0.2) is 17.5 Å². The molecule has 0 amide bonds. The number of nitrogens with one attached hydrogen (secondary N) is 1. The molecule has 0 aliphatic rings. The number of sulfonamides is 1. The number of methoxy groups -OCH3 is 1. The molecule has 1 aromatic carbocycles. The summed E-state index contributed by atoms with van der Waals surface area (Å²) in [5.41, 5.74) is 0.148. The number of hydrogen-bond donors (Lipinski definition) is 2. The second-order valence-electron chi connectivity index (χ2n) is 4.93. The highest BCUT2D eigenvalue weighted by atomic mass is 32.2. The Hall–Kier alpha value is -1.02. The van der Waals surface area contributed by atoms with E-state index in [1.54, 1.807) is 0 Å². The van der Waals surface area contributed by atoms with Crippen LogP contribution in [0.1, 0.15) is 30.9 Å². The lowest BCUT2D eigenvalue weighted by molar-refractivity contribution is 0.171. The number of ether oxygens (including phenoxy) is 1. The van der Waals surface area contributed by atoms with E-state index < -0.39 is 22.4 Å². The predicted octanol–water partition coefficient (Wildman–Crippen LogP) is 1.72. The molecule has 1 atom stereocenters. The third kappa shape index (κ3) is 4.74. The van der Waals surface area contributed by atoms with E-state index in [9.17, 15) is 12.8 Å². The van der Waals surface area contributed by atoms with Crippen molar-refractivity contribution in [3.63, 3.8) is 0 Å². The molecule has 21 heavy (non-hydrogen) atoms. The average molecular weight is 319 g/mol. The Kier molecular flexibility index (Phi) is 6.73. The Balaban J connectivity index is 3.09. The SMILES string of the molecule is CCCC(COC)NS(=O)(=O)c1cc(C)c(F)c(CO)c1. The van der Waals surface area contributed by atoms with Crippen molar-refractivity contribution >= 4 is 10.0 Å². The first-order valence-electron chi connectivity index (χ1n) is 6.76. The van der Waals surface area contributed by atoms with Gasteiger partial charge in [0.1, 0.15) is 5.82 Å². The third-order valence-electron chi connectivity index (χ3n) is 3.11. The van der Waals surface area contributed by atoms with Crippen LogP contribution in [0.5, 0.6) is 0 Å². The summed E-state index contributed by atoms with van der Waals surface area (Å²) in [5.74, 6) is -0.585. The van der Waals surface area contributed by atoms with Gasteiger partial charge >= 0.3 is 0 Å². The quantitative estimate of drug-likeness (QED) is 0.765. The van der Waals surface area contributed by atoms with Crippen LogP contribution in [-0.4, -0.2) is 33.3 Å². The average Bonchev–Trinajstić information content (AvgIpc) is 2.41. The van der Waals surface area contributed by atoms with Gasteiger partial charge in [0.05, 0.1) is 18.1 Å². The van der Waals surface area contributed by atoms with Crippen molar-refractivity contribution in [1.82, 2.24) is 4.72 Å². The minimum atomic E-state index is -3.78. The Morgan fingerprint density at radius 2 is 2.10 bits per heavy atom. The normalized spacial score (nSPS) is 13.4. The first kappa shape index (κ1) is 18.0. The van der Waals surface area contributed by atoms with E-state index >= 15 is 0 Å². The van der Waals surface area contributed by atoms with Crippen LogP contribution in [-0.2, 0) is 21.4 Å². The Labute approximate surface area is 125 Å². The highest BCUT2D eigenvalue weighted by Gasteiger charge is 2.21. The molecule has 120 valence electrons. The van der Waals surface area contributed by atoms with Crippen LogP contribution in [0.25, 0.3) is 0 Å². The molecule has 5 nitrogen and oxygen atoms in total. The molecule has 0 fully saturated rings. The lowest BCUT2D eigenvalue weighted by Gasteiger charge is -2.18. The van der Waals surface area contributed by atoms with E-state index in [1.165, 1.54) is 20.1 Å². The van der Waals surface area contributed by atoms with Gasteiger partial charge in [0, 0.05) is 18.7 Å². The zero-order chi connectivity index (χ0) is 16.0. The second-order valence-corrected chi connectivity index (χ2v) is 6.65. The van der Waals surface area contributed by atoms with Crippen LogP contribution >= 0.6 is 0 Å². The Bertz CT molecular complexity index is 569. The van der Waals surface area contributed by atoms with Crippen LogP contribution in [0, 0.1) is 12.7 Å². The van der Waals surface area contributed by atoms with Gasteiger partial charge in [-0.2, -0.15) is 0 Å². The van der Waals surface area contributed by atoms with Gasteiger partial charge in [0.15, 0.2) is 0 Å². The minimum Gasteiger partial charge on any atom is -0.392 e. The largest absolute Gasteiger partial charge is 0.392 e. The number of aliphatic hydroxyl groups excluding tert-OH is 1. The smallest absolute Gasteiger partial charge is 0.240 e. The summed E-state index contributed by atoms with van der Waals surface area (Å²) < 4.78 is 45.9. The van der Waals surface area contributed by atoms with E-state index in [0.717, 1.165) is 12.5 Å². The molecule has 7 heteroatoms. The van der Waals surface area contributed by atoms with Crippen molar-refractivity contribution in [2.24, 2.45) is 0 Å². The highest BCUT2D eigenvalue weighted by Crippen LogP contribution is 2.20. The Morgan fingerprint density at radius 3 is 2.62 bits per heavy atom. The maximum atomic E-state index is 13.7. The molecule has 0 spiro atoms. The number of aryl methyl sites for hydroxylation is 1. The minimum absolute atomic E-state index is 0.0332. The maximum Gasteiger partial charge on any atom is 0.240 e. The van der Waals surface area contributed by atoms with Crippen molar-refractivity contribution in [2.45, 2.75) is 44.2 Å². The van der Waals surface area contributed by atoms with Gasteiger partial charge in [0.25, 0.3) is 0 Å². The van der Waals surface area contributed by atoms with Crippen molar-refractivity contribution < 1.29 is 22.7 Å². The van der Waals surface area contributed by atoms with Crippen molar-refractivity contribution in [1.29, 1.82) is 0 Å². The summed E-state index contributed by atoms with van der Waals surface area (Å²) in [6.07, 6.45) is 1.45. The topological polar surface area (TPSA) is 75.6 Å². The van der Waals surface area contributed by atoms with E-state index in [4.69, 9.17) is 9.84 Å². The Morgan fingerprint density at radius 1 is 1.43 bits per heavy atom. The van der Waals surface area contributed by atoms with Gasteiger partial charge in [0.2, 0.25) is 10.0 Å². The van der Waals surface area contributed by atoms with Gasteiger partial charge < -0.3 is 9.84 Å². The van der Waals surface area contributed by atoms with E-state index in [2.05, 4.69) is 4.72 Å². The standard InChI is InChI=1S/C14H22FNO4S/c1-4-5-12(9-20-3)16-21(18,19)13-6-10(2)14(15)11(7-13)8-17/h6-7,12,16-17H,4-5,8-9H2,1-3H3. The van der Waals surface area contributed by atoms with Gasteiger partial charge in [-0.05, 0) is 31.0 Å². The first-order valence-corrected chi connectivity index (χ1v) is 8.25. The summed E-state index contributed by atoms with van der Waals surface area (Å²) in [6, 6.07) is 2.07. The molecule has 2 N–H and O–H groups in total. The number of hydrogen-bond acceptors (Lipinski definition) is 4. The molecular weight excluding hydrogens is 297 g/mol. The second kappa shape index (κ2) is 7.84. The van der Waals surface area contributed by atoms with Crippen LogP contribution in [0.4, 0.5) is 4.39 Å². The predicted molar refractivity (Wildman–Crippen MR) is 78.0 cm³/mol. The molecule has 1 rings (SSSR count). The first-order chi connectivity index (χ1) is 9.85. The summed E-state index contributed by atoms with van der Waals surface area (Å²) in [6.45, 7) is 3.13. The lowest BCUT2D eigenvalue weighted by atomic mass is 10.1. The van der Waals surface area contributed by atoms with Crippen LogP contribution in [0.3, 0.4) is 0 Å². The zero-order valence-corrected chi connectivity index (χ0v) is 13.3. The molecule has 0 aliphatic heterocycles. The molecule has 1 unspecified atom stereocenters. The molecule has 0 aromatic heterocycles. The fourth-order valence-electron chi connectivity index (χ4n) is 2.09. The van der Waals surface area contributed by atoms with Crippen molar-refractivity contribution in [3.8, 4) is 0 Å². The molecule has 0 bridgehead atoms. The van der Waals surface area contributed by atoms with Gasteiger partial charge in [-0.1, -0.05) is 13.3 Å². The van der Waals surface area contributed by atoms with E-state index in [0.29, 0.717) is 6.42 Å². The van der Waals surface area contributed by atoms with Gasteiger partial charge in [-0.3, -0.25) is 0 Å². The summed E-state index contributed by atoms with van der Waals surface area (Å²) in [4.78, 5) is -0.0531. The molecule has 0 saturated heterocycles. The number of halogens is 1. The van der Waals surface area contributed by atoms with E-state index in [1.807, 2.05) is 6.92 Å². The molecule has 0 heterocycles. The summed E-state index contributed by atoms with van der Waals surface area (Å²) >= 11 is 0. The van der Waals surface area contributed by atoms with Crippen molar-refractivity contribution in [2.75, 3.05) is 13.7 Å². The highest BCUT2D eigenvalue weighted by molar-refractivity contribution is 7.89. The van der Waals surface area contributed by atoms with Crippen LogP contribution in [0.15, 0.2) is 17.0 Å². The summed E-state index contributed by atoms with van der Waals surface area (Å²) in [7, 11) is -2.28. The zero-order valence-electron chi connectivity index (χ0n) is 12.5. The molecule has 0 saturated carbocycles. The van der Waals surface area contributed by atoms with Gasteiger partial charge in [-0.15, -0.1) is 0 Å². The van der Waals surface area contributed by atoms with Crippen molar-refractivity contribution in [3.05, 3.63) is 29.1 Å². The fourth-order valence-corrected chi connectivity index (χ4v) is 3.48. The maximum absolute atomic E-state index is 13.7.